The monoisotopic (exact) mass is 466 g/mol. The third-order valence-corrected chi connectivity index (χ3v) is 6.82. The van der Waals surface area contributed by atoms with E-state index in [1.54, 1.807) is 18.2 Å². The number of nitrogens with zero attached hydrogens (tertiary/aromatic N) is 1. The number of fused-ring (bicyclic) bond motifs is 1. The number of sulfone groups is 1. The Morgan fingerprint density at radius 3 is 2.33 bits per heavy atom. The summed E-state index contributed by atoms with van der Waals surface area (Å²) >= 11 is 0. The van der Waals surface area contributed by atoms with Gasteiger partial charge in [0.2, 0.25) is 21.2 Å². The van der Waals surface area contributed by atoms with Crippen LogP contribution in [0.4, 0.5) is 10.1 Å². The number of ether oxygens (including phenoxy) is 1. The highest BCUT2D eigenvalue weighted by molar-refractivity contribution is 7.91. The third kappa shape index (κ3) is 4.49. The molecule has 1 N–H and O–H groups in total. The Morgan fingerprint density at radius 2 is 1.67 bits per heavy atom. The summed E-state index contributed by atoms with van der Waals surface area (Å²) in [7, 11) is -2.71. The van der Waals surface area contributed by atoms with E-state index in [1.165, 1.54) is 72.5 Å². The summed E-state index contributed by atoms with van der Waals surface area (Å²) in [5.74, 6) is -0.432. The van der Waals surface area contributed by atoms with Gasteiger partial charge in [0.25, 0.3) is 0 Å². The lowest BCUT2D eigenvalue weighted by Crippen LogP contribution is -2.23. The molecule has 0 spiro atoms. The van der Waals surface area contributed by atoms with Gasteiger partial charge in [0, 0.05) is 17.3 Å². The zero-order valence-electron chi connectivity index (χ0n) is 17.5. The first-order chi connectivity index (χ1) is 15.8. The molecule has 0 fully saturated rings. The summed E-state index contributed by atoms with van der Waals surface area (Å²) in [5, 5.41) is 2.80. The molecule has 1 amide bonds. The summed E-state index contributed by atoms with van der Waals surface area (Å²) < 4.78 is 46.1. The number of rotatable bonds is 6. The predicted molar refractivity (Wildman–Crippen MR) is 122 cm³/mol. The van der Waals surface area contributed by atoms with E-state index in [9.17, 15) is 22.4 Å². The summed E-state index contributed by atoms with van der Waals surface area (Å²) in [4.78, 5) is 25.2. The third-order valence-electron chi connectivity index (χ3n) is 5.06. The smallest absolute Gasteiger partial charge is 0.244 e. The lowest BCUT2D eigenvalue weighted by molar-refractivity contribution is -0.116. The minimum Gasteiger partial charge on any atom is -0.497 e. The Kier molecular flexibility index (Phi) is 5.97. The number of carbonyl (C=O) groups is 1. The number of hydrogen-bond donors (Lipinski definition) is 1. The van der Waals surface area contributed by atoms with Crippen molar-refractivity contribution in [3.8, 4) is 5.75 Å². The average molecular weight is 466 g/mol. The second-order valence-corrected chi connectivity index (χ2v) is 9.12. The number of benzene rings is 3. The van der Waals surface area contributed by atoms with Crippen molar-refractivity contribution in [2.24, 2.45) is 0 Å². The number of carbonyl (C=O) groups excluding carboxylic acids is 1. The number of halogens is 1. The van der Waals surface area contributed by atoms with Gasteiger partial charge in [-0.05, 0) is 60.7 Å². The first-order valence-electron chi connectivity index (χ1n) is 9.86. The molecular weight excluding hydrogens is 447 g/mol. The van der Waals surface area contributed by atoms with E-state index in [0.717, 1.165) is 0 Å². The summed E-state index contributed by atoms with van der Waals surface area (Å²) in [6.45, 7) is -0.261. The second kappa shape index (κ2) is 8.87. The van der Waals surface area contributed by atoms with Crippen molar-refractivity contribution in [2.75, 3.05) is 12.4 Å². The summed E-state index contributed by atoms with van der Waals surface area (Å²) in [6, 6.07) is 17.4. The number of aromatic nitrogens is 1. The van der Waals surface area contributed by atoms with Gasteiger partial charge in [-0.2, -0.15) is 0 Å². The number of anilines is 1. The van der Waals surface area contributed by atoms with Crippen LogP contribution >= 0.6 is 0 Å². The van der Waals surface area contributed by atoms with Gasteiger partial charge in [0.1, 0.15) is 23.0 Å². The number of methoxy groups -OCH3 is 1. The minimum absolute atomic E-state index is 0.0713. The Morgan fingerprint density at radius 1 is 1.00 bits per heavy atom. The fourth-order valence-electron chi connectivity index (χ4n) is 3.41. The molecule has 0 saturated heterocycles. The molecule has 9 heteroatoms. The SMILES string of the molecule is COc1ccc(S(=O)(=O)c2cn(CC(=O)Nc3ccc(F)cc3)c3ccccc3c2=O)cc1. The van der Waals surface area contributed by atoms with E-state index in [-0.39, 0.29) is 16.8 Å². The minimum atomic E-state index is -4.17. The number of nitrogens with one attached hydrogen (secondary N) is 1. The van der Waals surface area contributed by atoms with Crippen molar-refractivity contribution in [2.45, 2.75) is 16.3 Å². The molecule has 0 unspecified atom stereocenters. The number of hydrogen-bond acceptors (Lipinski definition) is 5. The van der Waals surface area contributed by atoms with E-state index in [1.807, 2.05) is 0 Å². The van der Waals surface area contributed by atoms with Gasteiger partial charge in [-0.3, -0.25) is 9.59 Å². The van der Waals surface area contributed by atoms with Gasteiger partial charge >= 0.3 is 0 Å². The molecule has 168 valence electrons. The highest BCUT2D eigenvalue weighted by Gasteiger charge is 2.24. The first kappa shape index (κ1) is 22.2. The van der Waals surface area contributed by atoms with Crippen LogP contribution in [0.3, 0.4) is 0 Å². The maximum atomic E-state index is 13.3. The molecule has 0 bridgehead atoms. The van der Waals surface area contributed by atoms with Crippen LogP contribution in [0.15, 0.2) is 93.6 Å². The molecule has 1 heterocycles. The molecule has 7 nitrogen and oxygen atoms in total. The Bertz CT molecular complexity index is 1500. The van der Waals surface area contributed by atoms with E-state index >= 15 is 0 Å². The lowest BCUT2D eigenvalue weighted by atomic mass is 10.2. The summed E-state index contributed by atoms with van der Waals surface area (Å²) in [6.07, 6.45) is 1.18. The quantitative estimate of drug-likeness (QED) is 0.468. The van der Waals surface area contributed by atoms with Crippen molar-refractivity contribution < 1.29 is 22.3 Å². The van der Waals surface area contributed by atoms with Gasteiger partial charge in [-0.1, -0.05) is 12.1 Å². The largest absolute Gasteiger partial charge is 0.497 e. The van der Waals surface area contributed by atoms with Gasteiger partial charge in [0.15, 0.2) is 0 Å². The molecule has 0 saturated carbocycles. The molecule has 0 atom stereocenters. The van der Waals surface area contributed by atoms with Gasteiger partial charge < -0.3 is 14.6 Å². The van der Waals surface area contributed by atoms with Crippen molar-refractivity contribution in [3.63, 3.8) is 0 Å². The van der Waals surface area contributed by atoms with Crippen LogP contribution in [0.2, 0.25) is 0 Å². The standard InChI is InChI=1S/C24H19FN2O5S/c1-32-18-10-12-19(13-11-18)33(30,31)22-14-27(21-5-3-2-4-20(21)24(22)29)15-23(28)26-17-8-6-16(25)7-9-17/h2-14H,15H2,1H3,(H,26,28). The van der Waals surface area contributed by atoms with Crippen molar-refractivity contribution in [3.05, 3.63) is 95.0 Å². The predicted octanol–water partition coefficient (Wildman–Crippen LogP) is 3.62. The molecule has 0 aliphatic rings. The van der Waals surface area contributed by atoms with Crippen molar-refractivity contribution >= 4 is 32.3 Å². The van der Waals surface area contributed by atoms with Gasteiger partial charge in [0.05, 0.1) is 17.5 Å². The zero-order valence-corrected chi connectivity index (χ0v) is 18.3. The van der Waals surface area contributed by atoms with Crippen LogP contribution in [0, 0.1) is 5.82 Å². The topological polar surface area (TPSA) is 94.5 Å². The normalized spacial score (nSPS) is 11.3. The molecule has 0 radical (unpaired) electrons. The molecule has 0 aliphatic carbocycles. The number of para-hydroxylation sites is 1. The van der Waals surface area contributed by atoms with Crippen LogP contribution in [0.1, 0.15) is 0 Å². The first-order valence-corrected chi connectivity index (χ1v) is 11.3. The van der Waals surface area contributed by atoms with E-state index < -0.39 is 31.9 Å². The van der Waals surface area contributed by atoms with Gasteiger partial charge in [-0.25, -0.2) is 12.8 Å². The Hall–Kier alpha value is -3.98. The maximum Gasteiger partial charge on any atom is 0.244 e. The molecule has 4 aromatic rings. The van der Waals surface area contributed by atoms with Crippen molar-refractivity contribution in [1.29, 1.82) is 0 Å². The molecule has 33 heavy (non-hydrogen) atoms. The molecule has 1 aromatic heterocycles. The Labute approximate surface area is 189 Å². The molecule has 4 rings (SSSR count). The lowest BCUT2D eigenvalue weighted by Gasteiger charge is -2.14. The molecule has 0 aliphatic heterocycles. The van der Waals surface area contributed by atoms with Crippen molar-refractivity contribution in [1.82, 2.24) is 4.57 Å². The maximum absolute atomic E-state index is 13.3. The second-order valence-electron chi connectivity index (χ2n) is 7.20. The Balaban J connectivity index is 1.77. The molecule has 3 aromatic carbocycles. The van der Waals surface area contributed by atoms with E-state index in [0.29, 0.717) is 17.0 Å². The highest BCUT2D eigenvalue weighted by atomic mass is 32.2. The van der Waals surface area contributed by atoms with Crippen LogP contribution in [-0.4, -0.2) is 26.0 Å². The molecular formula is C24H19FN2O5S. The van der Waals surface area contributed by atoms with Gasteiger partial charge in [-0.15, -0.1) is 0 Å². The highest BCUT2D eigenvalue weighted by Crippen LogP contribution is 2.23. The zero-order chi connectivity index (χ0) is 23.6. The number of amides is 1. The van der Waals surface area contributed by atoms with E-state index in [2.05, 4.69) is 5.32 Å². The fraction of sp³-hybridized carbons (Fsp3) is 0.0833. The van der Waals surface area contributed by atoms with Crippen LogP contribution in [0.5, 0.6) is 5.75 Å². The van der Waals surface area contributed by atoms with Crippen LogP contribution < -0.4 is 15.5 Å². The van der Waals surface area contributed by atoms with Crippen LogP contribution in [0.25, 0.3) is 10.9 Å². The fourth-order valence-corrected chi connectivity index (χ4v) is 4.78. The number of pyridine rings is 1. The average Bonchev–Trinajstić information content (AvgIpc) is 2.82. The van der Waals surface area contributed by atoms with E-state index in [4.69, 9.17) is 4.74 Å². The van der Waals surface area contributed by atoms with Crippen LogP contribution in [-0.2, 0) is 21.2 Å². The summed E-state index contributed by atoms with van der Waals surface area (Å²) in [5.41, 5.74) is 0.139.